The highest BCUT2D eigenvalue weighted by Gasteiger charge is 2.01. The summed E-state index contributed by atoms with van der Waals surface area (Å²) in [5.74, 6) is -0.0922. The Kier molecular flexibility index (Phi) is 4.18. The van der Waals surface area contributed by atoms with Crippen LogP contribution in [0, 0.1) is 0 Å². The van der Waals surface area contributed by atoms with Crippen molar-refractivity contribution in [1.82, 2.24) is 0 Å². The first-order valence-corrected chi connectivity index (χ1v) is 5.16. The van der Waals surface area contributed by atoms with Crippen LogP contribution in [0.5, 0.6) is 0 Å². The van der Waals surface area contributed by atoms with Crippen molar-refractivity contribution in [3.8, 4) is 0 Å². The molecule has 0 aliphatic rings. The van der Waals surface area contributed by atoms with Gasteiger partial charge in [-0.2, -0.15) is 0 Å². The molecule has 80 valence electrons. The topological polar surface area (TPSA) is 29.1 Å². The number of rotatable bonds is 2. The molecule has 0 bridgehead atoms. The number of benzene rings is 1. The van der Waals surface area contributed by atoms with Crippen LogP contribution in [0.4, 0.5) is 5.69 Å². The molecule has 0 radical (unpaired) electrons. The molecular formula is C11H11Cl2NO. The summed E-state index contributed by atoms with van der Waals surface area (Å²) in [5.41, 5.74) is 2.50. The summed E-state index contributed by atoms with van der Waals surface area (Å²) >= 11 is 11.3. The maximum Gasteiger partial charge on any atom is 0.221 e. The number of carbonyl (C=O) groups is 1. The van der Waals surface area contributed by atoms with Gasteiger partial charge in [-0.25, -0.2) is 0 Å². The Morgan fingerprint density at radius 2 is 1.67 bits per heavy atom. The number of amides is 1. The third-order valence-corrected chi connectivity index (χ3v) is 2.49. The van der Waals surface area contributed by atoms with Crippen molar-refractivity contribution in [2.75, 3.05) is 5.32 Å². The third-order valence-electron chi connectivity index (χ3n) is 1.92. The van der Waals surface area contributed by atoms with Gasteiger partial charge in [-0.05, 0) is 30.2 Å². The number of carbonyl (C=O) groups excluding carboxylic acids is 1. The minimum absolute atomic E-state index is 0.0922. The molecule has 0 unspecified atom stereocenters. The van der Waals surface area contributed by atoms with Gasteiger partial charge in [-0.3, -0.25) is 4.79 Å². The molecule has 0 spiro atoms. The number of hydrogen-bond acceptors (Lipinski definition) is 1. The van der Waals surface area contributed by atoms with Crippen molar-refractivity contribution >= 4 is 40.4 Å². The summed E-state index contributed by atoms with van der Waals surface area (Å²) in [6, 6.07) is 7.31. The zero-order chi connectivity index (χ0) is 11.4. The van der Waals surface area contributed by atoms with Crippen LogP contribution >= 0.6 is 23.2 Å². The molecular weight excluding hydrogens is 233 g/mol. The number of allylic oxidation sites excluding steroid dienone is 1. The molecule has 0 aliphatic heterocycles. The second-order valence-corrected chi connectivity index (χ2v) is 4.09. The van der Waals surface area contributed by atoms with E-state index in [1.807, 2.05) is 19.1 Å². The van der Waals surface area contributed by atoms with Crippen LogP contribution in [0.3, 0.4) is 0 Å². The van der Waals surface area contributed by atoms with Gasteiger partial charge in [0.05, 0.1) is 0 Å². The zero-order valence-corrected chi connectivity index (χ0v) is 9.99. The Hall–Kier alpha value is -0.990. The predicted molar refractivity (Wildman–Crippen MR) is 65.0 cm³/mol. The first kappa shape index (κ1) is 12.1. The smallest absolute Gasteiger partial charge is 0.221 e. The molecule has 0 aliphatic carbocycles. The van der Waals surface area contributed by atoms with Gasteiger partial charge in [0.15, 0.2) is 0 Å². The van der Waals surface area contributed by atoms with Crippen LogP contribution in [-0.4, -0.2) is 5.91 Å². The molecule has 0 atom stereocenters. The van der Waals surface area contributed by atoms with Crippen molar-refractivity contribution < 1.29 is 4.79 Å². The molecule has 0 saturated carbocycles. The minimum Gasteiger partial charge on any atom is -0.326 e. The Morgan fingerprint density at radius 1 is 1.13 bits per heavy atom. The van der Waals surface area contributed by atoms with Crippen LogP contribution in [0.25, 0.3) is 5.57 Å². The van der Waals surface area contributed by atoms with Crippen LogP contribution in [0.15, 0.2) is 28.8 Å². The molecule has 1 amide bonds. The van der Waals surface area contributed by atoms with Gasteiger partial charge < -0.3 is 5.32 Å². The highest BCUT2D eigenvalue weighted by atomic mass is 35.5. The molecule has 2 nitrogen and oxygen atoms in total. The van der Waals surface area contributed by atoms with E-state index in [0.29, 0.717) is 0 Å². The lowest BCUT2D eigenvalue weighted by molar-refractivity contribution is -0.114. The van der Waals surface area contributed by atoms with Crippen molar-refractivity contribution in [1.29, 1.82) is 0 Å². The van der Waals surface area contributed by atoms with Gasteiger partial charge in [0, 0.05) is 12.6 Å². The monoisotopic (exact) mass is 243 g/mol. The van der Waals surface area contributed by atoms with Gasteiger partial charge in [0.1, 0.15) is 4.49 Å². The summed E-state index contributed by atoms with van der Waals surface area (Å²) in [6.45, 7) is 3.30. The molecule has 1 rings (SSSR count). The Bertz CT molecular complexity index is 392. The Balaban J connectivity index is 2.90. The fourth-order valence-electron chi connectivity index (χ4n) is 1.12. The van der Waals surface area contributed by atoms with Crippen molar-refractivity contribution in [3.05, 3.63) is 34.3 Å². The van der Waals surface area contributed by atoms with Gasteiger partial charge in [-0.15, -0.1) is 0 Å². The summed E-state index contributed by atoms with van der Waals surface area (Å²) in [5, 5.41) is 2.68. The van der Waals surface area contributed by atoms with Gasteiger partial charge >= 0.3 is 0 Å². The third kappa shape index (κ3) is 3.57. The first-order valence-electron chi connectivity index (χ1n) is 4.40. The lowest BCUT2D eigenvalue weighted by Gasteiger charge is -2.04. The maximum absolute atomic E-state index is 10.8. The number of hydrogen-bond donors (Lipinski definition) is 1. The Morgan fingerprint density at radius 3 is 2.07 bits per heavy atom. The number of nitrogens with one attached hydrogen (secondary N) is 1. The Labute approximate surface area is 98.9 Å². The molecule has 15 heavy (non-hydrogen) atoms. The van der Waals surface area contributed by atoms with E-state index in [-0.39, 0.29) is 10.4 Å². The summed E-state index contributed by atoms with van der Waals surface area (Å²) in [4.78, 5) is 10.8. The summed E-state index contributed by atoms with van der Waals surface area (Å²) in [7, 11) is 0. The molecule has 4 heteroatoms. The second-order valence-electron chi connectivity index (χ2n) is 3.14. The van der Waals surface area contributed by atoms with E-state index in [0.717, 1.165) is 16.8 Å². The highest BCUT2D eigenvalue weighted by molar-refractivity contribution is 6.58. The molecule has 0 fully saturated rings. The summed E-state index contributed by atoms with van der Waals surface area (Å²) in [6.07, 6.45) is 0. The highest BCUT2D eigenvalue weighted by Crippen LogP contribution is 2.24. The molecule has 0 saturated heterocycles. The molecule has 1 aromatic carbocycles. The van der Waals surface area contributed by atoms with Crippen LogP contribution in [0.1, 0.15) is 19.4 Å². The van der Waals surface area contributed by atoms with Gasteiger partial charge in [0.2, 0.25) is 5.91 Å². The largest absolute Gasteiger partial charge is 0.326 e. The summed E-state index contributed by atoms with van der Waals surface area (Å²) < 4.78 is 0.252. The van der Waals surface area contributed by atoms with E-state index in [1.165, 1.54) is 6.92 Å². The maximum atomic E-state index is 10.8. The second kappa shape index (κ2) is 5.19. The molecule has 0 heterocycles. The lowest BCUT2D eigenvalue weighted by Crippen LogP contribution is -2.05. The van der Waals surface area contributed by atoms with Gasteiger partial charge in [-0.1, -0.05) is 35.3 Å². The van der Waals surface area contributed by atoms with Crippen LogP contribution < -0.4 is 5.32 Å². The van der Waals surface area contributed by atoms with E-state index in [9.17, 15) is 4.79 Å². The standard InChI is InChI=1S/C11H11Cl2NO/c1-7(11(12)13)9-3-5-10(6-4-9)14-8(2)15/h3-6H,1-2H3,(H,14,15). The van der Waals surface area contributed by atoms with E-state index in [2.05, 4.69) is 5.32 Å². The molecule has 1 N–H and O–H groups in total. The number of anilines is 1. The molecule has 0 aromatic heterocycles. The molecule has 1 aromatic rings. The SMILES string of the molecule is CC(=O)Nc1ccc(C(C)=C(Cl)Cl)cc1. The van der Waals surface area contributed by atoms with Crippen LogP contribution in [-0.2, 0) is 4.79 Å². The quantitative estimate of drug-likeness (QED) is 0.841. The average molecular weight is 244 g/mol. The fraction of sp³-hybridized carbons (Fsp3) is 0.182. The predicted octanol–water partition coefficient (Wildman–Crippen LogP) is 3.81. The fourth-order valence-corrected chi connectivity index (χ4v) is 1.33. The van der Waals surface area contributed by atoms with Crippen molar-refractivity contribution in [3.63, 3.8) is 0 Å². The zero-order valence-electron chi connectivity index (χ0n) is 8.47. The van der Waals surface area contributed by atoms with E-state index >= 15 is 0 Å². The minimum atomic E-state index is -0.0922. The lowest BCUT2D eigenvalue weighted by atomic mass is 10.1. The first-order chi connectivity index (χ1) is 7.00. The normalized spacial score (nSPS) is 9.60. The van der Waals surface area contributed by atoms with E-state index in [4.69, 9.17) is 23.2 Å². The van der Waals surface area contributed by atoms with Crippen molar-refractivity contribution in [2.24, 2.45) is 0 Å². The number of halogens is 2. The van der Waals surface area contributed by atoms with E-state index in [1.54, 1.807) is 12.1 Å². The average Bonchev–Trinajstić information content (AvgIpc) is 2.17. The van der Waals surface area contributed by atoms with Crippen molar-refractivity contribution in [2.45, 2.75) is 13.8 Å². The van der Waals surface area contributed by atoms with E-state index < -0.39 is 0 Å². The van der Waals surface area contributed by atoms with Crippen LogP contribution in [0.2, 0.25) is 0 Å². The van der Waals surface area contributed by atoms with Gasteiger partial charge in [0.25, 0.3) is 0 Å².